The monoisotopic (exact) mass is 443 g/mol. The van der Waals surface area contributed by atoms with E-state index < -0.39 is 28.6 Å². The van der Waals surface area contributed by atoms with Crippen LogP contribution in [-0.4, -0.2) is 40.1 Å². The number of fused-ring (bicyclic) bond motifs is 4. The van der Waals surface area contributed by atoms with E-state index >= 15 is 0 Å². The fourth-order valence-corrected chi connectivity index (χ4v) is 5.06. The average molecular weight is 443 g/mol. The van der Waals surface area contributed by atoms with Crippen LogP contribution in [0.4, 0.5) is 8.78 Å². The predicted octanol–water partition coefficient (Wildman–Crippen LogP) is 4.38. The number of benzene rings is 2. The summed E-state index contributed by atoms with van der Waals surface area (Å²) in [6.45, 7) is 3.98. The summed E-state index contributed by atoms with van der Waals surface area (Å²) in [7, 11) is 0. The zero-order valence-electron chi connectivity index (χ0n) is 17.7. The van der Waals surface area contributed by atoms with E-state index in [1.807, 2.05) is 24.5 Å². The van der Waals surface area contributed by atoms with Crippen LogP contribution in [0.5, 0.6) is 5.75 Å². The van der Waals surface area contributed by atoms with Crippen LogP contribution in [0.15, 0.2) is 36.4 Å². The van der Waals surface area contributed by atoms with Crippen molar-refractivity contribution in [3.8, 4) is 11.4 Å². The van der Waals surface area contributed by atoms with Gasteiger partial charge in [0.05, 0.1) is 18.2 Å². The van der Waals surface area contributed by atoms with Gasteiger partial charge in [0.15, 0.2) is 11.6 Å². The second-order valence-corrected chi connectivity index (χ2v) is 9.23. The van der Waals surface area contributed by atoms with Crippen LogP contribution in [0.2, 0.25) is 0 Å². The summed E-state index contributed by atoms with van der Waals surface area (Å²) < 4.78 is 41.5. The van der Waals surface area contributed by atoms with E-state index in [0.29, 0.717) is 36.0 Å². The maximum Gasteiger partial charge on any atom is 0.329 e. The minimum Gasteiger partial charge on any atom is -0.507 e. The SMILES string of the molecule is CC1(C)CO[C@]2(C[C@H](OCC(=O)O)C2)c2c1n(-c1ccc(F)c(F)c1)c1cccc(O)c12. The highest BCUT2D eigenvalue weighted by molar-refractivity contribution is 5.94. The van der Waals surface area contributed by atoms with Crippen LogP contribution >= 0.6 is 0 Å². The minimum absolute atomic E-state index is 0.0654. The highest BCUT2D eigenvalue weighted by atomic mass is 19.2. The number of carboxylic acid groups (broad SMARTS) is 1. The van der Waals surface area contributed by atoms with Gasteiger partial charge in [-0.05, 0) is 24.3 Å². The van der Waals surface area contributed by atoms with Crippen molar-refractivity contribution in [3.63, 3.8) is 0 Å². The van der Waals surface area contributed by atoms with E-state index in [0.717, 1.165) is 23.4 Å². The smallest absolute Gasteiger partial charge is 0.329 e. The number of rotatable bonds is 4. The van der Waals surface area contributed by atoms with Crippen LogP contribution in [-0.2, 0) is 25.3 Å². The molecule has 5 rings (SSSR count). The third-order valence-electron chi connectivity index (χ3n) is 6.50. The number of nitrogens with zero attached hydrogens (tertiary/aromatic N) is 1. The molecule has 6 nitrogen and oxygen atoms in total. The third kappa shape index (κ3) is 3.01. The second-order valence-electron chi connectivity index (χ2n) is 9.23. The summed E-state index contributed by atoms with van der Waals surface area (Å²) in [5.74, 6) is -2.86. The Morgan fingerprint density at radius 2 is 1.97 bits per heavy atom. The zero-order chi connectivity index (χ0) is 22.8. The number of aromatic hydroxyl groups is 1. The minimum atomic E-state index is -1.04. The van der Waals surface area contributed by atoms with Crippen LogP contribution < -0.4 is 0 Å². The van der Waals surface area contributed by atoms with Gasteiger partial charge in [0.2, 0.25) is 0 Å². The summed E-state index contributed by atoms with van der Waals surface area (Å²) in [6.07, 6.45) is 0.594. The molecule has 0 unspecified atom stereocenters. The van der Waals surface area contributed by atoms with Gasteiger partial charge in [-0.15, -0.1) is 0 Å². The van der Waals surface area contributed by atoms with Crippen molar-refractivity contribution in [1.29, 1.82) is 0 Å². The lowest BCUT2D eigenvalue weighted by molar-refractivity contribution is -0.198. The van der Waals surface area contributed by atoms with Crippen LogP contribution in [0, 0.1) is 11.6 Å². The largest absolute Gasteiger partial charge is 0.507 e. The number of aromatic nitrogens is 1. The van der Waals surface area contributed by atoms with Gasteiger partial charge < -0.3 is 24.3 Å². The molecule has 2 aromatic carbocycles. The van der Waals surface area contributed by atoms with Gasteiger partial charge in [-0.25, -0.2) is 13.6 Å². The summed E-state index contributed by atoms with van der Waals surface area (Å²) in [6, 6.07) is 8.88. The van der Waals surface area contributed by atoms with Crippen molar-refractivity contribution in [2.45, 2.75) is 43.8 Å². The Morgan fingerprint density at radius 3 is 2.66 bits per heavy atom. The van der Waals surface area contributed by atoms with Crippen LogP contribution in [0.25, 0.3) is 16.6 Å². The molecule has 2 heterocycles. The van der Waals surface area contributed by atoms with Crippen molar-refractivity contribution in [2.75, 3.05) is 13.2 Å². The molecule has 0 saturated heterocycles. The van der Waals surface area contributed by atoms with E-state index in [1.165, 1.54) is 6.07 Å². The Morgan fingerprint density at radius 1 is 1.22 bits per heavy atom. The molecule has 1 aliphatic carbocycles. The first-order valence-electron chi connectivity index (χ1n) is 10.4. The van der Waals surface area contributed by atoms with Crippen molar-refractivity contribution >= 4 is 16.9 Å². The Labute approximate surface area is 183 Å². The predicted molar refractivity (Wildman–Crippen MR) is 112 cm³/mol. The van der Waals surface area contributed by atoms with Gasteiger partial charge in [0, 0.05) is 46.7 Å². The number of carbonyl (C=O) groups is 1. The maximum atomic E-state index is 14.2. The Bertz CT molecular complexity index is 1240. The molecule has 0 atom stereocenters. The lowest BCUT2D eigenvalue weighted by atomic mass is 9.67. The first-order chi connectivity index (χ1) is 15.1. The normalized spacial score (nSPS) is 23.8. The molecule has 8 heteroatoms. The van der Waals surface area contributed by atoms with Crippen molar-refractivity contribution < 1.29 is 33.3 Å². The molecule has 1 aromatic heterocycles. The number of aliphatic carboxylic acids is 1. The number of halogens is 2. The van der Waals surface area contributed by atoms with E-state index in [9.17, 15) is 18.7 Å². The summed E-state index contributed by atoms with van der Waals surface area (Å²) in [5.41, 5.74) is 1.50. The first-order valence-corrected chi connectivity index (χ1v) is 10.4. The molecule has 0 radical (unpaired) electrons. The van der Waals surface area contributed by atoms with E-state index in [1.54, 1.807) is 12.1 Å². The van der Waals surface area contributed by atoms with Crippen molar-refractivity contribution in [1.82, 2.24) is 4.57 Å². The van der Waals surface area contributed by atoms with Gasteiger partial charge in [-0.3, -0.25) is 0 Å². The van der Waals surface area contributed by atoms with Gasteiger partial charge in [0.25, 0.3) is 0 Å². The van der Waals surface area contributed by atoms with Crippen LogP contribution in [0.1, 0.15) is 37.9 Å². The number of hydrogen-bond donors (Lipinski definition) is 2. The van der Waals surface area contributed by atoms with E-state index in [2.05, 4.69) is 0 Å². The second kappa shape index (κ2) is 7.02. The molecular formula is C24H23F2NO5. The zero-order valence-corrected chi connectivity index (χ0v) is 17.7. The molecule has 1 fully saturated rings. The first kappa shape index (κ1) is 20.9. The molecule has 3 aromatic rings. The van der Waals surface area contributed by atoms with Crippen LogP contribution in [0.3, 0.4) is 0 Å². The molecule has 2 aliphatic rings. The number of ether oxygens (including phenoxy) is 2. The molecule has 2 N–H and O–H groups in total. The fourth-order valence-electron chi connectivity index (χ4n) is 5.06. The molecule has 1 aliphatic heterocycles. The number of phenols is 1. The highest BCUT2D eigenvalue weighted by Crippen LogP contribution is 2.57. The molecule has 0 bridgehead atoms. The summed E-state index contributed by atoms with van der Waals surface area (Å²) >= 11 is 0. The van der Waals surface area contributed by atoms with Gasteiger partial charge >= 0.3 is 5.97 Å². The molecule has 32 heavy (non-hydrogen) atoms. The van der Waals surface area contributed by atoms with E-state index in [-0.39, 0.29) is 18.5 Å². The Balaban J connectivity index is 1.74. The van der Waals surface area contributed by atoms with Gasteiger partial charge in [0.1, 0.15) is 18.0 Å². The van der Waals surface area contributed by atoms with Gasteiger partial charge in [-0.2, -0.15) is 0 Å². The molecular weight excluding hydrogens is 420 g/mol. The van der Waals surface area contributed by atoms with Crippen molar-refractivity contribution in [3.05, 3.63) is 59.3 Å². The lowest BCUT2D eigenvalue weighted by Crippen LogP contribution is -2.54. The highest BCUT2D eigenvalue weighted by Gasteiger charge is 2.56. The molecule has 168 valence electrons. The topological polar surface area (TPSA) is 80.9 Å². The molecule has 1 spiro atoms. The number of carboxylic acids is 1. The van der Waals surface area contributed by atoms with E-state index in [4.69, 9.17) is 14.6 Å². The standard InChI is InChI=1S/C24H23F2NO5/c1-23(2)12-32-24(9-14(10-24)31-11-19(29)30)21-20-17(4-3-5-18(20)28)27(22(21)23)13-6-7-15(25)16(26)8-13/h3-8,14,28H,9-12H2,1-2H3,(H,29,30)/t14-,24-. The number of hydrogen-bond acceptors (Lipinski definition) is 4. The average Bonchev–Trinajstić information content (AvgIpc) is 3.06. The van der Waals surface area contributed by atoms with Gasteiger partial charge in [-0.1, -0.05) is 19.9 Å². The quantitative estimate of drug-likeness (QED) is 0.626. The Kier molecular flexibility index (Phi) is 4.58. The molecule has 0 amide bonds. The van der Waals surface area contributed by atoms with Crippen molar-refractivity contribution in [2.24, 2.45) is 0 Å². The number of phenolic OH excluding ortho intramolecular Hbond substituents is 1. The third-order valence-corrected chi connectivity index (χ3v) is 6.50. The maximum absolute atomic E-state index is 14.2. The molecule has 1 saturated carbocycles. The fraction of sp³-hybridized carbons (Fsp3) is 0.375. The lowest BCUT2D eigenvalue weighted by Gasteiger charge is -2.52. The Hall–Kier alpha value is -2.97. The summed E-state index contributed by atoms with van der Waals surface area (Å²) in [5, 5.41) is 20.3. The summed E-state index contributed by atoms with van der Waals surface area (Å²) in [4.78, 5) is 10.9.